The maximum absolute atomic E-state index is 14.0. The number of amides is 1. The summed E-state index contributed by atoms with van der Waals surface area (Å²) in [4.78, 5) is 28.8. The molecule has 3 heterocycles. The molecule has 5 rings (SSSR count). The second-order valence-electron chi connectivity index (χ2n) is 7.58. The molecular formula is C24H22FN5OS. The summed E-state index contributed by atoms with van der Waals surface area (Å²) in [5, 5.41) is 0.760. The first-order valence-corrected chi connectivity index (χ1v) is 11.5. The number of rotatable bonds is 5. The Kier molecular flexibility index (Phi) is 5.77. The van der Waals surface area contributed by atoms with Gasteiger partial charge in [0, 0.05) is 37.9 Å². The molecule has 0 radical (unpaired) electrons. The Labute approximate surface area is 189 Å². The third kappa shape index (κ3) is 4.05. The smallest absolute Gasteiger partial charge is 0.233 e. The molecule has 1 fully saturated rings. The molecule has 0 bridgehead atoms. The fourth-order valence-corrected chi connectivity index (χ4v) is 4.85. The summed E-state index contributed by atoms with van der Waals surface area (Å²) in [5.41, 5.74) is 4.38. The molecule has 0 spiro atoms. The van der Waals surface area contributed by atoms with Gasteiger partial charge in [-0.3, -0.25) is 4.79 Å². The topological polar surface area (TPSA) is 65.1 Å². The first-order valence-electron chi connectivity index (χ1n) is 10.5. The van der Waals surface area contributed by atoms with Crippen molar-refractivity contribution >= 4 is 34.4 Å². The van der Waals surface area contributed by atoms with E-state index in [0.717, 1.165) is 27.2 Å². The number of aromatic amines is 1. The van der Waals surface area contributed by atoms with E-state index in [-0.39, 0.29) is 11.7 Å². The van der Waals surface area contributed by atoms with Gasteiger partial charge in [0.1, 0.15) is 22.7 Å². The number of piperazine rings is 1. The first-order chi connectivity index (χ1) is 15.7. The fourth-order valence-electron chi connectivity index (χ4n) is 3.99. The van der Waals surface area contributed by atoms with E-state index >= 15 is 0 Å². The molecule has 0 atom stereocenters. The highest BCUT2D eigenvalue weighted by atomic mass is 32.2. The van der Waals surface area contributed by atoms with Crippen LogP contribution in [0.15, 0.2) is 72.1 Å². The minimum Gasteiger partial charge on any atom is -0.366 e. The van der Waals surface area contributed by atoms with Gasteiger partial charge in [0.2, 0.25) is 5.91 Å². The Morgan fingerprint density at radius 1 is 1.00 bits per heavy atom. The Morgan fingerprint density at radius 3 is 2.53 bits per heavy atom. The van der Waals surface area contributed by atoms with E-state index in [1.54, 1.807) is 18.5 Å². The van der Waals surface area contributed by atoms with Crippen molar-refractivity contribution in [2.24, 2.45) is 0 Å². The number of carbonyl (C=O) groups excluding carboxylic acids is 1. The Bertz CT molecular complexity index is 1240. The van der Waals surface area contributed by atoms with Gasteiger partial charge in [0.15, 0.2) is 0 Å². The molecular weight excluding hydrogens is 425 g/mol. The number of thioether (sulfide) groups is 1. The lowest BCUT2D eigenvalue weighted by Crippen LogP contribution is -2.49. The van der Waals surface area contributed by atoms with Crippen LogP contribution in [0.25, 0.3) is 22.2 Å². The van der Waals surface area contributed by atoms with E-state index in [1.165, 1.54) is 17.8 Å². The molecule has 4 aromatic rings. The average molecular weight is 448 g/mol. The van der Waals surface area contributed by atoms with Crippen LogP contribution in [0.4, 0.5) is 10.1 Å². The van der Waals surface area contributed by atoms with Crippen LogP contribution < -0.4 is 4.90 Å². The van der Waals surface area contributed by atoms with E-state index in [1.807, 2.05) is 52.4 Å². The molecule has 0 saturated carbocycles. The van der Waals surface area contributed by atoms with Crippen molar-refractivity contribution in [3.63, 3.8) is 0 Å². The van der Waals surface area contributed by atoms with Crippen molar-refractivity contribution in [3.8, 4) is 11.1 Å². The second-order valence-corrected chi connectivity index (χ2v) is 8.54. The maximum Gasteiger partial charge on any atom is 0.233 e. The van der Waals surface area contributed by atoms with Gasteiger partial charge in [0.25, 0.3) is 0 Å². The number of anilines is 1. The largest absolute Gasteiger partial charge is 0.366 e. The zero-order chi connectivity index (χ0) is 21.9. The molecule has 2 aromatic carbocycles. The number of H-pyrrole nitrogens is 1. The first kappa shape index (κ1) is 20.5. The number of halogens is 1. The van der Waals surface area contributed by atoms with Crippen LogP contribution in [0.1, 0.15) is 0 Å². The van der Waals surface area contributed by atoms with Crippen LogP contribution in [-0.2, 0) is 4.79 Å². The van der Waals surface area contributed by atoms with Crippen LogP contribution in [-0.4, -0.2) is 57.7 Å². The third-order valence-corrected chi connectivity index (χ3v) is 6.65. The van der Waals surface area contributed by atoms with Gasteiger partial charge in [-0.05, 0) is 17.7 Å². The summed E-state index contributed by atoms with van der Waals surface area (Å²) in [6.45, 7) is 2.39. The summed E-state index contributed by atoms with van der Waals surface area (Å²) in [6, 6.07) is 16.8. The average Bonchev–Trinajstić information content (AvgIpc) is 3.28. The quantitative estimate of drug-likeness (QED) is 0.367. The highest BCUT2D eigenvalue weighted by molar-refractivity contribution is 8.00. The van der Waals surface area contributed by atoms with Crippen molar-refractivity contribution in [2.45, 2.75) is 5.03 Å². The number of carbonyl (C=O) groups is 1. The zero-order valence-corrected chi connectivity index (χ0v) is 18.2. The van der Waals surface area contributed by atoms with Gasteiger partial charge >= 0.3 is 0 Å². The van der Waals surface area contributed by atoms with Gasteiger partial charge in [-0.1, -0.05) is 54.2 Å². The van der Waals surface area contributed by atoms with E-state index in [2.05, 4.69) is 15.0 Å². The Morgan fingerprint density at radius 2 is 1.75 bits per heavy atom. The lowest BCUT2D eigenvalue weighted by molar-refractivity contribution is -0.128. The number of para-hydroxylation sites is 1. The highest BCUT2D eigenvalue weighted by Crippen LogP contribution is 2.31. The van der Waals surface area contributed by atoms with Crippen LogP contribution in [0.3, 0.4) is 0 Å². The predicted octanol–water partition coefficient (Wildman–Crippen LogP) is 4.20. The molecule has 8 heteroatoms. The van der Waals surface area contributed by atoms with Crippen molar-refractivity contribution in [2.75, 3.05) is 36.8 Å². The van der Waals surface area contributed by atoms with Gasteiger partial charge < -0.3 is 14.8 Å². The van der Waals surface area contributed by atoms with Gasteiger partial charge in [0.05, 0.1) is 17.0 Å². The van der Waals surface area contributed by atoms with E-state index < -0.39 is 0 Å². The zero-order valence-electron chi connectivity index (χ0n) is 17.4. The summed E-state index contributed by atoms with van der Waals surface area (Å²) in [6.07, 6.45) is 3.48. The molecule has 1 amide bonds. The van der Waals surface area contributed by atoms with Crippen LogP contribution in [0.5, 0.6) is 0 Å². The van der Waals surface area contributed by atoms with Crippen LogP contribution in [0.2, 0.25) is 0 Å². The summed E-state index contributed by atoms with van der Waals surface area (Å²) >= 11 is 1.41. The predicted molar refractivity (Wildman–Crippen MR) is 125 cm³/mol. The third-order valence-electron chi connectivity index (χ3n) is 5.67. The fraction of sp³-hybridized carbons (Fsp3) is 0.208. The van der Waals surface area contributed by atoms with E-state index in [9.17, 15) is 9.18 Å². The second kappa shape index (κ2) is 9.00. The standard InChI is InChI=1S/C24H22FN5OS/c25-19-8-4-5-9-20(19)29-10-12-30(13-11-29)21(31)15-32-24-23-22(27-16-28-24)18(14-26-23)17-6-2-1-3-7-17/h1-9,14,16,26H,10-13,15H2. The monoisotopic (exact) mass is 447 g/mol. The molecule has 32 heavy (non-hydrogen) atoms. The molecule has 162 valence electrons. The van der Waals surface area contributed by atoms with Gasteiger partial charge in [-0.2, -0.15) is 0 Å². The number of nitrogens with one attached hydrogen (secondary N) is 1. The molecule has 0 aliphatic carbocycles. The minimum absolute atomic E-state index is 0.0600. The molecule has 1 saturated heterocycles. The molecule has 1 aliphatic rings. The SMILES string of the molecule is O=C(CSc1ncnc2c(-c3ccccc3)c[nH]c12)N1CCN(c2ccccc2F)CC1. The lowest BCUT2D eigenvalue weighted by atomic mass is 10.1. The van der Waals surface area contributed by atoms with Crippen molar-refractivity contribution in [3.05, 3.63) is 72.9 Å². The maximum atomic E-state index is 14.0. The minimum atomic E-state index is -0.226. The van der Waals surface area contributed by atoms with Gasteiger partial charge in [-0.15, -0.1) is 0 Å². The molecule has 1 N–H and O–H groups in total. The van der Waals surface area contributed by atoms with E-state index in [0.29, 0.717) is 37.6 Å². The molecule has 1 aliphatic heterocycles. The van der Waals surface area contributed by atoms with Crippen molar-refractivity contribution in [1.82, 2.24) is 19.9 Å². The normalized spacial score (nSPS) is 14.2. The Balaban J connectivity index is 1.23. The molecule has 0 unspecified atom stereocenters. The highest BCUT2D eigenvalue weighted by Gasteiger charge is 2.23. The van der Waals surface area contributed by atoms with Crippen molar-refractivity contribution < 1.29 is 9.18 Å². The van der Waals surface area contributed by atoms with Crippen LogP contribution >= 0.6 is 11.8 Å². The number of nitrogens with zero attached hydrogens (tertiary/aromatic N) is 4. The molecule has 6 nitrogen and oxygen atoms in total. The number of hydrogen-bond acceptors (Lipinski definition) is 5. The lowest BCUT2D eigenvalue weighted by Gasteiger charge is -2.36. The van der Waals surface area contributed by atoms with E-state index in [4.69, 9.17) is 0 Å². The summed E-state index contributed by atoms with van der Waals surface area (Å²) in [7, 11) is 0. The number of aromatic nitrogens is 3. The summed E-state index contributed by atoms with van der Waals surface area (Å²) in [5.74, 6) is 0.132. The number of fused-ring (bicyclic) bond motifs is 1. The van der Waals surface area contributed by atoms with Gasteiger partial charge in [-0.25, -0.2) is 14.4 Å². The summed E-state index contributed by atoms with van der Waals surface area (Å²) < 4.78 is 14.0. The number of hydrogen-bond donors (Lipinski definition) is 1. The Hall–Kier alpha value is -3.39. The molecule has 2 aromatic heterocycles. The van der Waals surface area contributed by atoms with Crippen LogP contribution in [0, 0.1) is 5.82 Å². The number of benzene rings is 2. The van der Waals surface area contributed by atoms with Crippen molar-refractivity contribution in [1.29, 1.82) is 0 Å².